The Hall–Kier alpha value is -2.29. The van der Waals surface area contributed by atoms with Gasteiger partial charge in [0.05, 0.1) is 11.7 Å². The molecule has 0 saturated carbocycles. The molecule has 1 heterocycles. The predicted octanol–water partition coefficient (Wildman–Crippen LogP) is 4.02. The van der Waals surface area contributed by atoms with Crippen LogP contribution < -0.4 is 10.2 Å². The first-order valence-electron chi connectivity index (χ1n) is 7.33. The Morgan fingerprint density at radius 1 is 1.10 bits per heavy atom. The number of hydrogen-bond acceptors (Lipinski definition) is 1. The van der Waals surface area contributed by atoms with E-state index in [2.05, 4.69) is 42.6 Å². The normalized spacial score (nSPS) is 17.6. The number of benzene rings is 2. The minimum Gasteiger partial charge on any atom is -0.327 e. The number of rotatable bonds is 2. The first kappa shape index (κ1) is 13.7. The summed E-state index contributed by atoms with van der Waals surface area (Å²) in [6.45, 7) is 6.13. The maximum absolute atomic E-state index is 12.5. The van der Waals surface area contributed by atoms with Gasteiger partial charge in [0.2, 0.25) is 0 Å². The average Bonchev–Trinajstić information content (AvgIpc) is 2.46. The number of aryl methyl sites for hydroxylation is 1. The average molecular weight is 280 g/mol. The van der Waals surface area contributed by atoms with Crippen molar-refractivity contribution in [2.24, 2.45) is 0 Å². The zero-order chi connectivity index (χ0) is 15.0. The van der Waals surface area contributed by atoms with Crippen LogP contribution in [-0.2, 0) is 0 Å². The van der Waals surface area contributed by atoms with Crippen molar-refractivity contribution in [1.29, 1.82) is 0 Å². The fraction of sp³-hybridized carbons (Fsp3) is 0.278. The molecule has 1 aliphatic rings. The highest BCUT2D eigenvalue weighted by molar-refractivity contribution is 5.96. The van der Waals surface area contributed by atoms with Crippen LogP contribution in [0, 0.1) is 6.92 Å². The van der Waals surface area contributed by atoms with E-state index in [9.17, 15) is 4.79 Å². The van der Waals surface area contributed by atoms with Gasteiger partial charge in [-0.2, -0.15) is 0 Å². The SMILES string of the molecule is Cc1ccc2c(c1)N(C(C)C)C(=O)NC2c1ccccc1. The minimum atomic E-state index is -0.0794. The summed E-state index contributed by atoms with van der Waals surface area (Å²) in [5.74, 6) is 0. The molecule has 0 bridgehead atoms. The van der Waals surface area contributed by atoms with E-state index in [1.807, 2.05) is 36.9 Å². The third kappa shape index (κ3) is 2.40. The van der Waals surface area contributed by atoms with Crippen molar-refractivity contribution in [1.82, 2.24) is 5.32 Å². The van der Waals surface area contributed by atoms with Crippen LogP contribution in [-0.4, -0.2) is 12.1 Å². The van der Waals surface area contributed by atoms with Crippen LogP contribution in [0.25, 0.3) is 0 Å². The van der Waals surface area contributed by atoms with Crippen molar-refractivity contribution in [3.8, 4) is 0 Å². The minimum absolute atomic E-state index is 0.0306. The third-order valence-corrected chi connectivity index (χ3v) is 3.89. The van der Waals surface area contributed by atoms with E-state index in [4.69, 9.17) is 0 Å². The van der Waals surface area contributed by atoms with Gasteiger partial charge < -0.3 is 5.32 Å². The van der Waals surface area contributed by atoms with Crippen molar-refractivity contribution >= 4 is 11.7 Å². The molecule has 2 aromatic rings. The lowest BCUT2D eigenvalue weighted by atomic mass is 9.93. The number of carbonyl (C=O) groups excluding carboxylic acids is 1. The smallest absolute Gasteiger partial charge is 0.322 e. The molecule has 0 aromatic heterocycles. The highest BCUT2D eigenvalue weighted by atomic mass is 16.2. The van der Waals surface area contributed by atoms with Crippen LogP contribution in [0.5, 0.6) is 0 Å². The molecule has 108 valence electrons. The first-order valence-corrected chi connectivity index (χ1v) is 7.33. The van der Waals surface area contributed by atoms with Gasteiger partial charge in [-0.25, -0.2) is 4.79 Å². The highest BCUT2D eigenvalue weighted by Crippen LogP contribution is 2.36. The van der Waals surface area contributed by atoms with Gasteiger partial charge in [0, 0.05) is 11.6 Å². The largest absolute Gasteiger partial charge is 0.327 e. The summed E-state index contributed by atoms with van der Waals surface area (Å²) in [6.07, 6.45) is 0. The molecule has 3 rings (SSSR count). The topological polar surface area (TPSA) is 32.3 Å². The molecule has 0 aliphatic carbocycles. The lowest BCUT2D eigenvalue weighted by Gasteiger charge is -2.37. The summed E-state index contributed by atoms with van der Waals surface area (Å²) in [7, 11) is 0. The van der Waals surface area contributed by atoms with E-state index in [0.29, 0.717) is 0 Å². The third-order valence-electron chi connectivity index (χ3n) is 3.89. The zero-order valence-corrected chi connectivity index (χ0v) is 12.6. The van der Waals surface area contributed by atoms with Crippen molar-refractivity contribution in [3.63, 3.8) is 0 Å². The molecule has 0 saturated heterocycles. The number of fused-ring (bicyclic) bond motifs is 1. The molecule has 1 aliphatic heterocycles. The van der Waals surface area contributed by atoms with Gasteiger partial charge in [0.15, 0.2) is 0 Å². The van der Waals surface area contributed by atoms with Gasteiger partial charge in [0.25, 0.3) is 0 Å². The van der Waals surface area contributed by atoms with Crippen molar-refractivity contribution in [2.75, 3.05) is 4.90 Å². The lowest BCUT2D eigenvalue weighted by molar-refractivity contribution is 0.241. The van der Waals surface area contributed by atoms with Crippen LogP contribution in [0.4, 0.5) is 10.5 Å². The van der Waals surface area contributed by atoms with Crippen molar-refractivity contribution in [3.05, 3.63) is 65.2 Å². The van der Waals surface area contributed by atoms with Crippen LogP contribution in [0.3, 0.4) is 0 Å². The molecule has 3 heteroatoms. The summed E-state index contributed by atoms with van der Waals surface area (Å²) < 4.78 is 0. The molecule has 0 fully saturated rings. The maximum atomic E-state index is 12.5. The number of urea groups is 1. The molecule has 1 atom stereocenters. The van der Waals surface area contributed by atoms with Crippen LogP contribution in [0.1, 0.15) is 36.6 Å². The number of nitrogens with zero attached hydrogens (tertiary/aromatic N) is 1. The molecule has 0 radical (unpaired) electrons. The number of hydrogen-bond donors (Lipinski definition) is 1. The Morgan fingerprint density at radius 2 is 1.81 bits per heavy atom. The molecule has 1 N–H and O–H groups in total. The Balaban J connectivity index is 2.15. The predicted molar refractivity (Wildman–Crippen MR) is 85.6 cm³/mol. The molecule has 0 spiro atoms. The maximum Gasteiger partial charge on any atom is 0.322 e. The second-order valence-corrected chi connectivity index (χ2v) is 5.82. The first-order chi connectivity index (χ1) is 10.1. The second kappa shape index (κ2) is 5.24. The van der Waals surface area contributed by atoms with E-state index >= 15 is 0 Å². The molecular weight excluding hydrogens is 260 g/mol. The molecular formula is C18H20N2O. The van der Waals surface area contributed by atoms with E-state index in [-0.39, 0.29) is 18.1 Å². The van der Waals surface area contributed by atoms with Crippen LogP contribution in [0.15, 0.2) is 48.5 Å². The van der Waals surface area contributed by atoms with E-state index in [0.717, 1.165) is 16.8 Å². The zero-order valence-electron chi connectivity index (χ0n) is 12.6. The Morgan fingerprint density at radius 3 is 2.48 bits per heavy atom. The van der Waals surface area contributed by atoms with E-state index in [1.54, 1.807) is 0 Å². The van der Waals surface area contributed by atoms with Gasteiger partial charge in [-0.15, -0.1) is 0 Å². The summed E-state index contributed by atoms with van der Waals surface area (Å²) in [4.78, 5) is 14.3. The second-order valence-electron chi connectivity index (χ2n) is 5.82. The lowest BCUT2D eigenvalue weighted by Crippen LogP contribution is -2.50. The molecule has 2 amide bonds. The molecule has 1 unspecified atom stereocenters. The van der Waals surface area contributed by atoms with Crippen LogP contribution >= 0.6 is 0 Å². The summed E-state index contributed by atoms with van der Waals surface area (Å²) in [5, 5.41) is 3.13. The summed E-state index contributed by atoms with van der Waals surface area (Å²) in [6, 6.07) is 16.5. The van der Waals surface area contributed by atoms with Gasteiger partial charge in [0.1, 0.15) is 0 Å². The standard InChI is InChI=1S/C18H20N2O/c1-12(2)20-16-11-13(3)9-10-15(16)17(19-18(20)21)14-7-5-4-6-8-14/h4-12,17H,1-3H3,(H,19,21). The number of carbonyl (C=O) groups is 1. The molecule has 2 aromatic carbocycles. The Kier molecular flexibility index (Phi) is 3.42. The Labute approximate surface area is 125 Å². The van der Waals surface area contributed by atoms with E-state index in [1.165, 1.54) is 5.56 Å². The number of nitrogens with one attached hydrogen (secondary N) is 1. The Bertz CT molecular complexity index is 664. The monoisotopic (exact) mass is 280 g/mol. The molecule has 21 heavy (non-hydrogen) atoms. The highest BCUT2D eigenvalue weighted by Gasteiger charge is 2.32. The quantitative estimate of drug-likeness (QED) is 0.885. The number of anilines is 1. The molecule has 3 nitrogen and oxygen atoms in total. The van der Waals surface area contributed by atoms with Gasteiger partial charge >= 0.3 is 6.03 Å². The summed E-state index contributed by atoms with van der Waals surface area (Å²) >= 11 is 0. The van der Waals surface area contributed by atoms with Crippen molar-refractivity contribution in [2.45, 2.75) is 32.9 Å². The number of amides is 2. The fourth-order valence-electron chi connectivity index (χ4n) is 2.91. The van der Waals surface area contributed by atoms with Gasteiger partial charge in [-0.05, 0) is 38.0 Å². The van der Waals surface area contributed by atoms with Crippen molar-refractivity contribution < 1.29 is 4.79 Å². The fourth-order valence-corrected chi connectivity index (χ4v) is 2.91. The van der Waals surface area contributed by atoms with Crippen LogP contribution in [0.2, 0.25) is 0 Å². The van der Waals surface area contributed by atoms with Gasteiger partial charge in [-0.1, -0.05) is 42.5 Å². The summed E-state index contributed by atoms with van der Waals surface area (Å²) in [5.41, 5.74) is 4.45. The van der Waals surface area contributed by atoms with Gasteiger partial charge in [-0.3, -0.25) is 4.90 Å². The van der Waals surface area contributed by atoms with E-state index < -0.39 is 0 Å².